The van der Waals surface area contributed by atoms with Gasteiger partial charge in [0, 0.05) is 11.6 Å². The summed E-state index contributed by atoms with van der Waals surface area (Å²) in [6, 6.07) is 3.62. The van der Waals surface area contributed by atoms with Crippen LogP contribution in [0.2, 0.25) is 0 Å². The lowest BCUT2D eigenvalue weighted by Gasteiger charge is -1.85. The standard InChI is InChI=1S/C7H3IN2O2S/c8-5-4-2-1-3-9-6(4)13-7(5)10(11)12/h1-3H. The summed E-state index contributed by atoms with van der Waals surface area (Å²) in [4.78, 5) is 15.0. The van der Waals surface area contributed by atoms with Gasteiger partial charge in [0.05, 0.1) is 4.92 Å². The molecule has 0 aromatic carbocycles. The molecule has 0 fully saturated rings. The molecule has 4 nitrogen and oxygen atoms in total. The number of thiophene rings is 1. The van der Waals surface area contributed by atoms with Crippen molar-refractivity contribution >= 4 is 49.1 Å². The number of rotatable bonds is 1. The molecule has 0 unspecified atom stereocenters. The zero-order valence-electron chi connectivity index (χ0n) is 6.23. The van der Waals surface area contributed by atoms with Crippen LogP contribution in [0.1, 0.15) is 0 Å². The van der Waals surface area contributed by atoms with Gasteiger partial charge in [-0.25, -0.2) is 4.98 Å². The molecule has 66 valence electrons. The second kappa shape index (κ2) is 3.18. The number of nitrogens with zero attached hydrogens (tertiary/aromatic N) is 2. The lowest BCUT2D eigenvalue weighted by atomic mass is 10.3. The average Bonchev–Trinajstić information content (AvgIpc) is 2.45. The van der Waals surface area contributed by atoms with E-state index in [1.54, 1.807) is 12.3 Å². The van der Waals surface area contributed by atoms with Gasteiger partial charge in [-0.3, -0.25) is 10.1 Å². The molecule has 2 rings (SSSR count). The van der Waals surface area contributed by atoms with Crippen molar-refractivity contribution in [1.29, 1.82) is 0 Å². The summed E-state index contributed by atoms with van der Waals surface area (Å²) in [7, 11) is 0. The van der Waals surface area contributed by atoms with Gasteiger partial charge in [-0.2, -0.15) is 0 Å². The maximum Gasteiger partial charge on any atom is 0.340 e. The molecule has 0 spiro atoms. The van der Waals surface area contributed by atoms with Crippen molar-refractivity contribution in [3.8, 4) is 0 Å². The van der Waals surface area contributed by atoms with Crippen molar-refractivity contribution in [1.82, 2.24) is 4.98 Å². The Morgan fingerprint density at radius 3 is 3.00 bits per heavy atom. The van der Waals surface area contributed by atoms with Crippen molar-refractivity contribution in [3.63, 3.8) is 0 Å². The van der Waals surface area contributed by atoms with Gasteiger partial charge in [-0.05, 0) is 46.1 Å². The summed E-state index contributed by atoms with van der Waals surface area (Å²) in [6.45, 7) is 0. The molecular formula is C7H3IN2O2S. The van der Waals surface area contributed by atoms with Gasteiger partial charge in [-0.15, -0.1) is 0 Å². The summed E-state index contributed by atoms with van der Waals surface area (Å²) in [5.41, 5.74) is 0. The summed E-state index contributed by atoms with van der Waals surface area (Å²) in [5.74, 6) is 0. The molecule has 0 aliphatic carbocycles. The third-order valence-corrected chi connectivity index (χ3v) is 4.08. The smallest absolute Gasteiger partial charge is 0.258 e. The van der Waals surface area contributed by atoms with Crippen LogP contribution in [0.25, 0.3) is 10.2 Å². The molecule has 0 radical (unpaired) electrons. The minimum Gasteiger partial charge on any atom is -0.258 e. The summed E-state index contributed by atoms with van der Waals surface area (Å²) in [6.07, 6.45) is 1.64. The average molecular weight is 306 g/mol. The third-order valence-electron chi connectivity index (χ3n) is 1.55. The topological polar surface area (TPSA) is 56.0 Å². The highest BCUT2D eigenvalue weighted by molar-refractivity contribution is 14.1. The van der Waals surface area contributed by atoms with Gasteiger partial charge in [-0.1, -0.05) is 0 Å². The largest absolute Gasteiger partial charge is 0.340 e. The van der Waals surface area contributed by atoms with Crippen molar-refractivity contribution < 1.29 is 4.92 Å². The van der Waals surface area contributed by atoms with E-state index in [4.69, 9.17) is 0 Å². The molecule has 0 aliphatic rings. The van der Waals surface area contributed by atoms with Gasteiger partial charge >= 0.3 is 5.00 Å². The van der Waals surface area contributed by atoms with Crippen LogP contribution in [0.5, 0.6) is 0 Å². The molecule has 6 heteroatoms. The van der Waals surface area contributed by atoms with Crippen molar-refractivity contribution in [3.05, 3.63) is 32.0 Å². The summed E-state index contributed by atoms with van der Waals surface area (Å²) in [5, 5.41) is 11.6. The third kappa shape index (κ3) is 1.39. The molecular weight excluding hydrogens is 303 g/mol. The van der Waals surface area contributed by atoms with Crippen LogP contribution in [-0.4, -0.2) is 9.91 Å². The SMILES string of the molecule is O=[N+]([O-])c1sc2ncccc2c1I. The van der Waals surface area contributed by atoms with Crippen LogP contribution < -0.4 is 0 Å². The first-order valence-corrected chi connectivity index (χ1v) is 5.27. The van der Waals surface area contributed by atoms with E-state index in [0.717, 1.165) is 21.6 Å². The number of fused-ring (bicyclic) bond motifs is 1. The van der Waals surface area contributed by atoms with Crippen molar-refractivity contribution in [2.24, 2.45) is 0 Å². The highest BCUT2D eigenvalue weighted by atomic mass is 127. The number of nitro groups is 1. The maximum atomic E-state index is 10.6. The van der Waals surface area contributed by atoms with E-state index in [1.807, 2.05) is 28.7 Å². The number of hydrogen-bond donors (Lipinski definition) is 0. The molecule has 0 bridgehead atoms. The predicted molar refractivity (Wildman–Crippen MR) is 59.0 cm³/mol. The summed E-state index contributed by atoms with van der Waals surface area (Å²) < 4.78 is 0.677. The first kappa shape index (κ1) is 8.82. The number of halogens is 1. The molecule has 2 heterocycles. The molecule has 0 saturated carbocycles. The zero-order valence-corrected chi connectivity index (χ0v) is 9.20. The highest BCUT2D eigenvalue weighted by Crippen LogP contribution is 2.36. The van der Waals surface area contributed by atoms with Gasteiger partial charge in [0.25, 0.3) is 0 Å². The number of aromatic nitrogens is 1. The molecule has 0 atom stereocenters. The maximum absolute atomic E-state index is 10.6. The summed E-state index contributed by atoms with van der Waals surface area (Å²) >= 11 is 3.09. The fraction of sp³-hybridized carbons (Fsp3) is 0. The Morgan fingerprint density at radius 1 is 1.62 bits per heavy atom. The number of hydrogen-bond acceptors (Lipinski definition) is 4. The van der Waals surface area contributed by atoms with Gasteiger partial charge in [0.15, 0.2) is 0 Å². The minimum absolute atomic E-state index is 0.175. The van der Waals surface area contributed by atoms with Crippen LogP contribution in [0.15, 0.2) is 18.3 Å². The molecule has 2 aromatic rings. The zero-order chi connectivity index (χ0) is 9.42. The fourth-order valence-electron chi connectivity index (χ4n) is 1.01. The van der Waals surface area contributed by atoms with E-state index in [9.17, 15) is 10.1 Å². The normalized spacial score (nSPS) is 10.5. The van der Waals surface area contributed by atoms with Gasteiger partial charge < -0.3 is 0 Å². The first-order chi connectivity index (χ1) is 6.20. The highest BCUT2D eigenvalue weighted by Gasteiger charge is 2.19. The first-order valence-electron chi connectivity index (χ1n) is 3.37. The minimum atomic E-state index is -0.367. The van der Waals surface area contributed by atoms with E-state index >= 15 is 0 Å². The Bertz CT molecular complexity index is 482. The van der Waals surface area contributed by atoms with Crippen LogP contribution >= 0.6 is 33.9 Å². The van der Waals surface area contributed by atoms with E-state index < -0.39 is 0 Å². The molecule has 0 aliphatic heterocycles. The molecule has 13 heavy (non-hydrogen) atoms. The molecule has 0 N–H and O–H groups in total. The second-order valence-electron chi connectivity index (χ2n) is 2.33. The predicted octanol–water partition coefficient (Wildman–Crippen LogP) is 2.81. The fourth-order valence-corrected chi connectivity index (χ4v) is 3.00. The Morgan fingerprint density at radius 2 is 2.38 bits per heavy atom. The Kier molecular flexibility index (Phi) is 2.16. The van der Waals surface area contributed by atoms with Crippen molar-refractivity contribution in [2.45, 2.75) is 0 Å². The Balaban J connectivity index is 2.81. The van der Waals surface area contributed by atoms with Gasteiger partial charge in [0.2, 0.25) is 0 Å². The second-order valence-corrected chi connectivity index (χ2v) is 4.39. The van der Waals surface area contributed by atoms with E-state index in [1.165, 1.54) is 0 Å². The monoisotopic (exact) mass is 306 g/mol. The van der Waals surface area contributed by atoms with E-state index in [-0.39, 0.29) is 9.92 Å². The van der Waals surface area contributed by atoms with Crippen molar-refractivity contribution in [2.75, 3.05) is 0 Å². The van der Waals surface area contributed by atoms with E-state index in [2.05, 4.69) is 4.98 Å². The molecule has 2 aromatic heterocycles. The van der Waals surface area contributed by atoms with Gasteiger partial charge in [0.1, 0.15) is 8.40 Å². The van der Waals surface area contributed by atoms with Crippen LogP contribution in [0.3, 0.4) is 0 Å². The van der Waals surface area contributed by atoms with Crippen LogP contribution in [0.4, 0.5) is 5.00 Å². The van der Waals surface area contributed by atoms with E-state index in [0.29, 0.717) is 3.57 Å². The van der Waals surface area contributed by atoms with Crippen LogP contribution in [-0.2, 0) is 0 Å². The lowest BCUT2D eigenvalue weighted by Crippen LogP contribution is -1.84. The number of pyridine rings is 1. The lowest BCUT2D eigenvalue weighted by molar-refractivity contribution is -0.381. The quantitative estimate of drug-likeness (QED) is 0.462. The Hall–Kier alpha value is -0.760. The molecule has 0 amide bonds. The van der Waals surface area contributed by atoms with Crippen LogP contribution in [0, 0.1) is 13.7 Å². The molecule has 0 saturated heterocycles. The Labute approximate surface area is 90.9 Å².